The molecule has 2 aliphatic rings. The van der Waals surface area contributed by atoms with Crippen LogP contribution in [0.4, 0.5) is 5.13 Å². The van der Waals surface area contributed by atoms with Gasteiger partial charge in [-0.15, -0.1) is 0 Å². The van der Waals surface area contributed by atoms with Gasteiger partial charge in [-0.05, 0) is 56.7 Å². The lowest BCUT2D eigenvalue weighted by atomic mass is 9.96. The second kappa shape index (κ2) is 5.78. The number of benzene rings is 1. The summed E-state index contributed by atoms with van der Waals surface area (Å²) in [6.45, 7) is 6.15. The van der Waals surface area contributed by atoms with Gasteiger partial charge in [-0.25, -0.2) is 4.98 Å². The molecule has 1 N–H and O–H groups in total. The molecule has 1 amide bonds. The summed E-state index contributed by atoms with van der Waals surface area (Å²) in [5, 5.41) is 4.25. The maximum Gasteiger partial charge on any atom is 0.223 e. The van der Waals surface area contributed by atoms with E-state index in [-0.39, 0.29) is 11.8 Å². The molecule has 2 fully saturated rings. The number of nitrogens with zero attached hydrogens (tertiary/aromatic N) is 2. The zero-order valence-electron chi connectivity index (χ0n) is 13.8. The minimum absolute atomic E-state index is 0.185. The number of hydrogen-bond acceptors (Lipinski definition) is 4. The fourth-order valence-corrected chi connectivity index (χ4v) is 4.31. The number of rotatable bonds is 3. The molecule has 1 aromatic heterocycles. The molecule has 4 nitrogen and oxygen atoms in total. The van der Waals surface area contributed by atoms with Crippen LogP contribution in [0, 0.1) is 19.8 Å². The molecule has 0 unspecified atom stereocenters. The van der Waals surface area contributed by atoms with Gasteiger partial charge in [-0.1, -0.05) is 17.4 Å². The van der Waals surface area contributed by atoms with E-state index in [1.54, 1.807) is 11.3 Å². The van der Waals surface area contributed by atoms with Crippen molar-refractivity contribution in [2.24, 2.45) is 5.92 Å². The standard InChI is InChI=1S/C18H23N3OS/c1-11-3-6-15-16(12(11)2)20-18(23-15)21-9-7-13(8-10-21)17(22)19-14-4-5-14/h3,6,13-14H,4-5,7-10H2,1-2H3,(H,19,22). The summed E-state index contributed by atoms with van der Waals surface area (Å²) in [6.07, 6.45) is 4.20. The van der Waals surface area contributed by atoms with Crippen LogP contribution >= 0.6 is 11.3 Å². The molecule has 1 saturated carbocycles. The second-order valence-electron chi connectivity index (χ2n) is 6.89. The number of piperidine rings is 1. The third-order valence-electron chi connectivity index (χ3n) is 5.13. The summed E-state index contributed by atoms with van der Waals surface area (Å²) < 4.78 is 1.26. The van der Waals surface area contributed by atoms with Crippen molar-refractivity contribution in [3.05, 3.63) is 23.3 Å². The van der Waals surface area contributed by atoms with Crippen molar-refractivity contribution in [3.8, 4) is 0 Å². The average Bonchev–Trinajstić information content (AvgIpc) is 3.26. The maximum atomic E-state index is 12.2. The van der Waals surface area contributed by atoms with Gasteiger partial charge in [0.2, 0.25) is 5.91 Å². The minimum Gasteiger partial charge on any atom is -0.353 e. The van der Waals surface area contributed by atoms with Gasteiger partial charge in [0.25, 0.3) is 0 Å². The van der Waals surface area contributed by atoms with Crippen molar-refractivity contribution in [2.45, 2.75) is 45.6 Å². The van der Waals surface area contributed by atoms with E-state index < -0.39 is 0 Å². The fourth-order valence-electron chi connectivity index (χ4n) is 3.23. The normalized spacial score (nSPS) is 19.3. The molecular formula is C18H23N3OS. The number of thiazole rings is 1. The quantitative estimate of drug-likeness (QED) is 0.938. The molecule has 23 heavy (non-hydrogen) atoms. The SMILES string of the molecule is Cc1ccc2sc(N3CCC(C(=O)NC4CC4)CC3)nc2c1C. The summed E-state index contributed by atoms with van der Waals surface area (Å²) in [6, 6.07) is 4.82. The Kier molecular flexibility index (Phi) is 3.76. The van der Waals surface area contributed by atoms with E-state index in [0.717, 1.165) is 49.4 Å². The van der Waals surface area contributed by atoms with Crippen LogP contribution in [0.1, 0.15) is 36.8 Å². The molecule has 4 rings (SSSR count). The second-order valence-corrected chi connectivity index (χ2v) is 7.90. The highest BCUT2D eigenvalue weighted by Crippen LogP contribution is 2.34. The smallest absolute Gasteiger partial charge is 0.223 e. The Balaban J connectivity index is 1.45. The predicted molar refractivity (Wildman–Crippen MR) is 95.2 cm³/mol. The Labute approximate surface area is 140 Å². The first-order valence-electron chi connectivity index (χ1n) is 8.54. The van der Waals surface area contributed by atoms with Crippen LogP contribution < -0.4 is 10.2 Å². The molecule has 1 aliphatic carbocycles. The number of aryl methyl sites for hydroxylation is 2. The van der Waals surface area contributed by atoms with Gasteiger partial charge >= 0.3 is 0 Å². The molecule has 0 spiro atoms. The van der Waals surface area contributed by atoms with Gasteiger partial charge in [0.15, 0.2) is 5.13 Å². The molecule has 2 aromatic rings. The van der Waals surface area contributed by atoms with Gasteiger partial charge in [-0.2, -0.15) is 0 Å². The molecular weight excluding hydrogens is 306 g/mol. The topological polar surface area (TPSA) is 45.2 Å². The van der Waals surface area contributed by atoms with E-state index in [2.05, 4.69) is 36.2 Å². The maximum absolute atomic E-state index is 12.2. The zero-order valence-corrected chi connectivity index (χ0v) is 14.6. The number of carbonyl (C=O) groups excluding carboxylic acids is 1. The minimum atomic E-state index is 0.185. The number of carbonyl (C=O) groups is 1. The lowest BCUT2D eigenvalue weighted by Gasteiger charge is -2.31. The Morgan fingerprint density at radius 3 is 2.65 bits per heavy atom. The monoisotopic (exact) mass is 329 g/mol. The van der Waals surface area contributed by atoms with Gasteiger partial charge in [0, 0.05) is 25.0 Å². The molecule has 0 atom stereocenters. The van der Waals surface area contributed by atoms with E-state index in [1.165, 1.54) is 15.8 Å². The Hall–Kier alpha value is -1.62. The van der Waals surface area contributed by atoms with E-state index >= 15 is 0 Å². The van der Waals surface area contributed by atoms with Crippen LogP contribution in [0.15, 0.2) is 12.1 Å². The van der Waals surface area contributed by atoms with E-state index in [1.807, 2.05) is 0 Å². The summed E-state index contributed by atoms with van der Waals surface area (Å²) in [5.41, 5.74) is 3.71. The first-order chi connectivity index (χ1) is 11.1. The van der Waals surface area contributed by atoms with Gasteiger partial charge in [0.05, 0.1) is 10.2 Å². The van der Waals surface area contributed by atoms with Crippen molar-refractivity contribution in [1.29, 1.82) is 0 Å². The number of amides is 1. The Bertz CT molecular complexity index is 742. The third-order valence-corrected chi connectivity index (χ3v) is 6.21. The number of fused-ring (bicyclic) bond motifs is 1. The summed E-state index contributed by atoms with van der Waals surface area (Å²) in [5.74, 6) is 0.452. The van der Waals surface area contributed by atoms with E-state index in [4.69, 9.17) is 4.98 Å². The third kappa shape index (κ3) is 2.94. The average molecular weight is 329 g/mol. The molecule has 122 valence electrons. The molecule has 2 heterocycles. The highest BCUT2D eigenvalue weighted by atomic mass is 32.1. The molecule has 5 heteroatoms. The fraction of sp³-hybridized carbons (Fsp3) is 0.556. The van der Waals surface area contributed by atoms with Crippen molar-refractivity contribution < 1.29 is 4.79 Å². The van der Waals surface area contributed by atoms with Crippen LogP contribution in [-0.2, 0) is 4.79 Å². The molecule has 1 saturated heterocycles. The number of aromatic nitrogens is 1. The molecule has 0 radical (unpaired) electrons. The Morgan fingerprint density at radius 1 is 1.22 bits per heavy atom. The number of nitrogens with one attached hydrogen (secondary N) is 1. The van der Waals surface area contributed by atoms with Gasteiger partial charge in [-0.3, -0.25) is 4.79 Å². The molecule has 1 aliphatic heterocycles. The van der Waals surface area contributed by atoms with Crippen LogP contribution in [0.2, 0.25) is 0 Å². The summed E-state index contributed by atoms with van der Waals surface area (Å²) >= 11 is 1.77. The molecule has 0 bridgehead atoms. The number of hydrogen-bond donors (Lipinski definition) is 1. The van der Waals surface area contributed by atoms with Crippen molar-refractivity contribution in [3.63, 3.8) is 0 Å². The van der Waals surface area contributed by atoms with Crippen molar-refractivity contribution in [1.82, 2.24) is 10.3 Å². The van der Waals surface area contributed by atoms with E-state index in [0.29, 0.717) is 6.04 Å². The molecule has 1 aromatic carbocycles. The first kappa shape index (κ1) is 14.9. The highest BCUT2D eigenvalue weighted by molar-refractivity contribution is 7.22. The van der Waals surface area contributed by atoms with Crippen molar-refractivity contribution >= 4 is 32.6 Å². The lowest BCUT2D eigenvalue weighted by molar-refractivity contribution is -0.125. The first-order valence-corrected chi connectivity index (χ1v) is 9.35. The lowest BCUT2D eigenvalue weighted by Crippen LogP contribution is -2.41. The predicted octanol–water partition coefficient (Wildman–Crippen LogP) is 3.41. The van der Waals surface area contributed by atoms with Crippen LogP contribution in [0.3, 0.4) is 0 Å². The van der Waals surface area contributed by atoms with Gasteiger partial charge in [0.1, 0.15) is 0 Å². The number of anilines is 1. The van der Waals surface area contributed by atoms with Gasteiger partial charge < -0.3 is 10.2 Å². The van der Waals surface area contributed by atoms with Crippen LogP contribution in [-0.4, -0.2) is 30.0 Å². The summed E-state index contributed by atoms with van der Waals surface area (Å²) in [4.78, 5) is 19.4. The summed E-state index contributed by atoms with van der Waals surface area (Å²) in [7, 11) is 0. The Morgan fingerprint density at radius 2 is 1.96 bits per heavy atom. The zero-order chi connectivity index (χ0) is 16.0. The van der Waals surface area contributed by atoms with Crippen molar-refractivity contribution in [2.75, 3.05) is 18.0 Å². The van der Waals surface area contributed by atoms with Crippen LogP contribution in [0.25, 0.3) is 10.2 Å². The largest absolute Gasteiger partial charge is 0.353 e. The van der Waals surface area contributed by atoms with Crippen LogP contribution in [0.5, 0.6) is 0 Å². The van der Waals surface area contributed by atoms with E-state index in [9.17, 15) is 4.79 Å². The highest BCUT2D eigenvalue weighted by Gasteiger charge is 2.30.